The summed E-state index contributed by atoms with van der Waals surface area (Å²) in [5, 5.41) is 0. The Labute approximate surface area is 98.6 Å². The topological polar surface area (TPSA) is 52.6 Å². The number of carbonyl (C=O) groups excluding carboxylic acids is 1. The maximum Gasteiger partial charge on any atom is 0.504 e. The number of ether oxygens (including phenoxy) is 1. The lowest BCUT2D eigenvalue weighted by molar-refractivity contribution is -0.145. The van der Waals surface area contributed by atoms with Gasteiger partial charge in [0.15, 0.2) is 6.66 Å². The smallest absolute Gasteiger partial charge is 0.465 e. The Bertz CT molecular complexity index is 218. The van der Waals surface area contributed by atoms with E-state index in [1.807, 2.05) is 6.92 Å². The first kappa shape index (κ1) is 15.5. The van der Waals surface area contributed by atoms with E-state index in [0.717, 1.165) is 19.3 Å². The second-order valence-electron chi connectivity index (χ2n) is 3.98. The van der Waals surface area contributed by atoms with Gasteiger partial charge >= 0.3 is 14.0 Å². The molecule has 0 fully saturated rings. The summed E-state index contributed by atoms with van der Waals surface area (Å²) in [4.78, 5) is 11.2. The standard InChI is InChI=1S/C11H22O4P/c1-4-5-6-7-11(12)14-8-10(2)9-15-16(3)13/h10H,4-9H2,1-3H3/q+1. The molecular formula is C11H22O4P+. The van der Waals surface area contributed by atoms with Crippen molar-refractivity contribution in [1.82, 2.24) is 0 Å². The Morgan fingerprint density at radius 3 is 2.56 bits per heavy atom. The normalized spacial score (nSPS) is 13.3. The van der Waals surface area contributed by atoms with Gasteiger partial charge in [-0.15, -0.1) is 4.52 Å². The molecule has 0 radical (unpaired) electrons. The molecule has 0 aromatic heterocycles. The highest BCUT2D eigenvalue weighted by Gasteiger charge is 2.13. The lowest BCUT2D eigenvalue weighted by Crippen LogP contribution is -2.15. The number of hydrogen-bond donors (Lipinski definition) is 0. The minimum Gasteiger partial charge on any atom is -0.465 e. The molecule has 5 heteroatoms. The Kier molecular flexibility index (Phi) is 9.45. The van der Waals surface area contributed by atoms with Gasteiger partial charge < -0.3 is 4.74 Å². The molecule has 0 amide bonds. The summed E-state index contributed by atoms with van der Waals surface area (Å²) in [6.07, 6.45) is 3.54. The van der Waals surface area contributed by atoms with Crippen molar-refractivity contribution in [2.45, 2.75) is 39.5 Å². The predicted octanol–water partition coefficient (Wildman–Crippen LogP) is 3.13. The van der Waals surface area contributed by atoms with Crippen LogP contribution in [0.15, 0.2) is 0 Å². The fourth-order valence-electron chi connectivity index (χ4n) is 1.11. The lowest BCUT2D eigenvalue weighted by atomic mass is 10.2. The second kappa shape index (κ2) is 9.73. The van der Waals surface area contributed by atoms with E-state index in [1.165, 1.54) is 6.66 Å². The number of hydrogen-bond acceptors (Lipinski definition) is 4. The molecule has 0 aromatic carbocycles. The maximum atomic E-state index is 11.2. The Hall–Kier alpha value is -0.470. The number of unbranched alkanes of at least 4 members (excludes halogenated alkanes) is 2. The first-order valence-electron chi connectivity index (χ1n) is 5.75. The number of carbonyl (C=O) groups is 1. The second-order valence-corrected chi connectivity index (χ2v) is 5.12. The van der Waals surface area contributed by atoms with Gasteiger partial charge in [0.2, 0.25) is 0 Å². The minimum atomic E-state index is -1.56. The van der Waals surface area contributed by atoms with Crippen LogP contribution in [-0.2, 0) is 18.6 Å². The van der Waals surface area contributed by atoms with Crippen molar-refractivity contribution in [3.8, 4) is 0 Å². The largest absolute Gasteiger partial charge is 0.504 e. The predicted molar refractivity (Wildman–Crippen MR) is 63.7 cm³/mol. The molecule has 0 spiro atoms. The Balaban J connectivity index is 3.47. The molecule has 0 bridgehead atoms. The zero-order valence-corrected chi connectivity index (χ0v) is 11.3. The molecule has 0 aliphatic heterocycles. The van der Waals surface area contributed by atoms with Gasteiger partial charge in [-0.2, -0.15) is 0 Å². The summed E-state index contributed by atoms with van der Waals surface area (Å²) < 4.78 is 20.7. The molecule has 0 aliphatic rings. The van der Waals surface area contributed by atoms with Crippen molar-refractivity contribution < 1.29 is 18.6 Å². The van der Waals surface area contributed by atoms with Crippen LogP contribution < -0.4 is 0 Å². The van der Waals surface area contributed by atoms with E-state index in [9.17, 15) is 9.36 Å². The third kappa shape index (κ3) is 10.1. The van der Waals surface area contributed by atoms with Crippen LogP contribution in [0, 0.1) is 5.92 Å². The van der Waals surface area contributed by atoms with Gasteiger partial charge in [0.05, 0.1) is 6.61 Å². The molecular weight excluding hydrogens is 227 g/mol. The Morgan fingerprint density at radius 1 is 1.31 bits per heavy atom. The van der Waals surface area contributed by atoms with E-state index in [-0.39, 0.29) is 11.9 Å². The summed E-state index contributed by atoms with van der Waals surface area (Å²) in [6.45, 7) is 6.22. The van der Waals surface area contributed by atoms with Crippen molar-refractivity contribution in [2.24, 2.45) is 5.92 Å². The molecule has 0 heterocycles. The molecule has 0 rings (SSSR count). The van der Waals surface area contributed by atoms with Crippen molar-refractivity contribution in [1.29, 1.82) is 0 Å². The minimum absolute atomic E-state index is 0.0917. The first-order chi connectivity index (χ1) is 7.56. The van der Waals surface area contributed by atoms with Gasteiger partial charge in [-0.3, -0.25) is 4.79 Å². The van der Waals surface area contributed by atoms with Crippen LogP contribution in [-0.4, -0.2) is 25.8 Å². The zero-order chi connectivity index (χ0) is 12.4. The van der Waals surface area contributed by atoms with E-state index in [1.54, 1.807) is 0 Å². The third-order valence-electron chi connectivity index (χ3n) is 2.05. The van der Waals surface area contributed by atoms with Crippen molar-refractivity contribution in [2.75, 3.05) is 19.9 Å². The van der Waals surface area contributed by atoms with Gasteiger partial charge in [-0.1, -0.05) is 26.7 Å². The van der Waals surface area contributed by atoms with Crippen LogP contribution in [0.4, 0.5) is 0 Å². The average molecular weight is 249 g/mol. The number of rotatable bonds is 9. The number of esters is 1. The molecule has 0 aliphatic carbocycles. The van der Waals surface area contributed by atoms with Crippen LogP contribution in [0.2, 0.25) is 0 Å². The first-order valence-corrected chi connectivity index (χ1v) is 7.38. The summed E-state index contributed by atoms with van der Waals surface area (Å²) in [5.74, 6) is -0.0600. The van der Waals surface area contributed by atoms with Crippen LogP contribution in [0.3, 0.4) is 0 Å². The van der Waals surface area contributed by atoms with Crippen LogP contribution in [0.1, 0.15) is 39.5 Å². The van der Waals surface area contributed by atoms with E-state index in [0.29, 0.717) is 19.6 Å². The quantitative estimate of drug-likeness (QED) is 0.358. The SMILES string of the molecule is CCCCCC(=O)OCC(C)CO[P+](C)=O. The monoisotopic (exact) mass is 249 g/mol. The molecule has 2 unspecified atom stereocenters. The summed E-state index contributed by atoms with van der Waals surface area (Å²) in [5.41, 5.74) is 0. The molecule has 0 saturated carbocycles. The third-order valence-corrected chi connectivity index (χ3v) is 2.57. The van der Waals surface area contributed by atoms with E-state index in [4.69, 9.17) is 9.26 Å². The fourth-order valence-corrected chi connectivity index (χ4v) is 1.57. The van der Waals surface area contributed by atoms with E-state index >= 15 is 0 Å². The van der Waals surface area contributed by atoms with Crippen molar-refractivity contribution >= 4 is 14.0 Å². The molecule has 0 saturated heterocycles. The maximum absolute atomic E-state index is 11.2. The highest BCUT2D eigenvalue weighted by Crippen LogP contribution is 2.16. The molecule has 0 N–H and O–H groups in total. The lowest BCUT2D eigenvalue weighted by Gasteiger charge is -2.08. The fraction of sp³-hybridized carbons (Fsp3) is 0.909. The van der Waals surface area contributed by atoms with Crippen LogP contribution in [0.5, 0.6) is 0 Å². The Morgan fingerprint density at radius 2 is 2.00 bits per heavy atom. The molecule has 94 valence electrons. The van der Waals surface area contributed by atoms with Crippen LogP contribution >= 0.6 is 8.03 Å². The van der Waals surface area contributed by atoms with Gasteiger partial charge in [-0.05, 0) is 11.0 Å². The summed E-state index contributed by atoms with van der Waals surface area (Å²) >= 11 is 0. The van der Waals surface area contributed by atoms with Gasteiger partial charge in [-0.25, -0.2) is 0 Å². The highest BCUT2D eigenvalue weighted by molar-refractivity contribution is 7.38. The van der Waals surface area contributed by atoms with Gasteiger partial charge in [0.25, 0.3) is 0 Å². The molecule has 4 nitrogen and oxygen atoms in total. The molecule has 16 heavy (non-hydrogen) atoms. The van der Waals surface area contributed by atoms with E-state index in [2.05, 4.69) is 6.92 Å². The van der Waals surface area contributed by atoms with Crippen molar-refractivity contribution in [3.63, 3.8) is 0 Å². The zero-order valence-electron chi connectivity index (χ0n) is 10.4. The average Bonchev–Trinajstić information content (AvgIpc) is 2.24. The summed E-state index contributed by atoms with van der Waals surface area (Å²) in [7, 11) is -1.56. The molecule has 2 atom stereocenters. The van der Waals surface area contributed by atoms with Gasteiger partial charge in [0.1, 0.15) is 6.61 Å². The van der Waals surface area contributed by atoms with Gasteiger partial charge in [0, 0.05) is 12.3 Å². The highest BCUT2D eigenvalue weighted by atomic mass is 31.1. The molecule has 0 aromatic rings. The summed E-state index contributed by atoms with van der Waals surface area (Å²) in [6, 6.07) is 0. The van der Waals surface area contributed by atoms with Crippen LogP contribution in [0.25, 0.3) is 0 Å². The van der Waals surface area contributed by atoms with Crippen molar-refractivity contribution in [3.05, 3.63) is 0 Å². The van der Waals surface area contributed by atoms with E-state index < -0.39 is 8.03 Å².